The zero-order chi connectivity index (χ0) is 19.2. The first-order chi connectivity index (χ1) is 13.1. The van der Waals surface area contributed by atoms with E-state index in [1.807, 2.05) is 30.3 Å². The Morgan fingerprint density at radius 1 is 1.37 bits per heavy atom. The van der Waals surface area contributed by atoms with Gasteiger partial charge in [-0.2, -0.15) is 5.10 Å². The third-order valence-electron chi connectivity index (χ3n) is 5.02. The predicted octanol–water partition coefficient (Wildman–Crippen LogP) is 3.15. The Balaban J connectivity index is 1.59. The number of rotatable bonds is 6. The molecule has 0 spiro atoms. The van der Waals surface area contributed by atoms with E-state index in [1.54, 1.807) is 10.9 Å². The summed E-state index contributed by atoms with van der Waals surface area (Å²) < 4.78 is 7.78. The molecule has 1 atom stereocenters. The molecule has 0 unspecified atom stereocenters. The van der Waals surface area contributed by atoms with E-state index in [0.717, 1.165) is 54.9 Å². The summed E-state index contributed by atoms with van der Waals surface area (Å²) >= 11 is 0. The Morgan fingerprint density at radius 2 is 2.22 bits per heavy atom. The van der Waals surface area contributed by atoms with Gasteiger partial charge in [-0.1, -0.05) is 19.9 Å². The number of aromatic nitrogens is 3. The van der Waals surface area contributed by atoms with Crippen LogP contribution in [-0.4, -0.2) is 44.9 Å². The Bertz CT molecular complexity index is 759. The number of aryl methyl sites for hydroxylation is 2. The number of nitrogens with zero attached hydrogens (tertiary/aromatic N) is 4. The standard InChI is InChI=1S/C20H29N5O2/c1-4-17-18(5-2)23-24(3)19(17)22-20(26)25-11-7-9-16(13-25)27-14-15-8-6-10-21-12-15/h6,8,10,12,16H,4-5,7,9,11,13-14H2,1-3H3,(H,22,26)/t16-/m0/s1. The predicted molar refractivity (Wildman–Crippen MR) is 105 cm³/mol. The summed E-state index contributed by atoms with van der Waals surface area (Å²) in [5.74, 6) is 0.803. The highest BCUT2D eigenvalue weighted by molar-refractivity contribution is 5.89. The molecule has 0 radical (unpaired) electrons. The van der Waals surface area contributed by atoms with Crippen LogP contribution in [0.1, 0.15) is 43.5 Å². The Kier molecular flexibility index (Phi) is 6.45. The maximum Gasteiger partial charge on any atom is 0.323 e. The molecule has 1 N–H and O–H groups in total. The molecule has 2 aromatic rings. The third-order valence-corrected chi connectivity index (χ3v) is 5.02. The van der Waals surface area contributed by atoms with Gasteiger partial charge < -0.3 is 9.64 Å². The number of piperidine rings is 1. The number of hydrogen-bond donors (Lipinski definition) is 1. The molecular weight excluding hydrogens is 342 g/mol. The number of pyridine rings is 1. The molecular formula is C20H29N5O2. The van der Waals surface area contributed by atoms with E-state index in [0.29, 0.717) is 13.2 Å². The normalized spacial score (nSPS) is 17.1. The van der Waals surface area contributed by atoms with Gasteiger partial charge in [0.15, 0.2) is 0 Å². The minimum atomic E-state index is -0.0787. The lowest BCUT2D eigenvalue weighted by Crippen LogP contribution is -2.45. The molecule has 1 saturated heterocycles. The highest BCUT2D eigenvalue weighted by atomic mass is 16.5. The van der Waals surface area contributed by atoms with Gasteiger partial charge in [0, 0.05) is 38.1 Å². The van der Waals surface area contributed by atoms with Crippen LogP contribution < -0.4 is 5.32 Å². The molecule has 2 aromatic heterocycles. The number of carbonyl (C=O) groups excluding carboxylic acids is 1. The molecule has 0 aliphatic carbocycles. The van der Waals surface area contributed by atoms with Gasteiger partial charge >= 0.3 is 6.03 Å². The van der Waals surface area contributed by atoms with E-state index in [1.165, 1.54) is 0 Å². The van der Waals surface area contributed by atoms with E-state index < -0.39 is 0 Å². The van der Waals surface area contributed by atoms with E-state index >= 15 is 0 Å². The highest BCUT2D eigenvalue weighted by Gasteiger charge is 2.26. The summed E-state index contributed by atoms with van der Waals surface area (Å²) in [7, 11) is 1.88. The molecule has 7 nitrogen and oxygen atoms in total. The maximum atomic E-state index is 12.8. The second kappa shape index (κ2) is 8.99. The Hall–Kier alpha value is -2.41. The van der Waals surface area contributed by atoms with Crippen LogP contribution in [0.15, 0.2) is 24.5 Å². The van der Waals surface area contributed by atoms with Crippen LogP contribution >= 0.6 is 0 Å². The van der Waals surface area contributed by atoms with Gasteiger partial charge in [-0.3, -0.25) is 15.0 Å². The summed E-state index contributed by atoms with van der Waals surface area (Å²) in [5.41, 5.74) is 3.22. The van der Waals surface area contributed by atoms with E-state index in [2.05, 4.69) is 29.2 Å². The minimum absolute atomic E-state index is 0.0492. The average Bonchev–Trinajstić information content (AvgIpc) is 3.02. The van der Waals surface area contributed by atoms with Crippen LogP contribution in [0.3, 0.4) is 0 Å². The smallest absolute Gasteiger partial charge is 0.323 e. The zero-order valence-electron chi connectivity index (χ0n) is 16.4. The van der Waals surface area contributed by atoms with Gasteiger partial charge in [0.2, 0.25) is 0 Å². The fourth-order valence-corrected chi connectivity index (χ4v) is 3.57. The van der Waals surface area contributed by atoms with Gasteiger partial charge in [-0.15, -0.1) is 0 Å². The van der Waals surface area contributed by atoms with Crippen molar-refractivity contribution in [3.63, 3.8) is 0 Å². The first kappa shape index (κ1) is 19.4. The fourth-order valence-electron chi connectivity index (χ4n) is 3.57. The minimum Gasteiger partial charge on any atom is -0.372 e. The second-order valence-electron chi connectivity index (χ2n) is 6.92. The van der Waals surface area contributed by atoms with Crippen LogP contribution in [0.25, 0.3) is 0 Å². The molecule has 7 heteroatoms. The van der Waals surface area contributed by atoms with Crippen molar-refractivity contribution >= 4 is 11.8 Å². The number of likely N-dealkylation sites (tertiary alicyclic amines) is 1. The molecule has 27 heavy (non-hydrogen) atoms. The van der Waals surface area contributed by atoms with Crippen molar-refractivity contribution in [1.82, 2.24) is 19.7 Å². The van der Waals surface area contributed by atoms with Gasteiger partial charge in [0.05, 0.1) is 18.4 Å². The number of urea groups is 1. The molecule has 3 heterocycles. The summed E-state index contributed by atoms with van der Waals surface area (Å²) in [6.07, 6.45) is 7.24. The van der Waals surface area contributed by atoms with Gasteiger partial charge in [-0.05, 0) is 37.3 Å². The summed E-state index contributed by atoms with van der Waals surface area (Å²) in [5, 5.41) is 7.60. The molecule has 0 bridgehead atoms. The van der Waals surface area contributed by atoms with Crippen LogP contribution in [0.4, 0.5) is 10.6 Å². The van der Waals surface area contributed by atoms with Crippen molar-refractivity contribution in [1.29, 1.82) is 0 Å². The van der Waals surface area contributed by atoms with Gasteiger partial charge in [0.1, 0.15) is 5.82 Å². The highest BCUT2D eigenvalue weighted by Crippen LogP contribution is 2.22. The Morgan fingerprint density at radius 3 is 2.93 bits per heavy atom. The van der Waals surface area contributed by atoms with Crippen molar-refractivity contribution in [3.8, 4) is 0 Å². The van der Waals surface area contributed by atoms with Gasteiger partial charge in [0.25, 0.3) is 0 Å². The van der Waals surface area contributed by atoms with E-state index in [4.69, 9.17) is 4.74 Å². The maximum absolute atomic E-state index is 12.8. The van der Waals surface area contributed by atoms with Crippen LogP contribution in [0.2, 0.25) is 0 Å². The average molecular weight is 371 g/mol. The SMILES string of the molecule is CCc1nn(C)c(NC(=O)N2CCC[C@H](OCc3cccnc3)C2)c1CC. The van der Waals surface area contributed by atoms with Crippen molar-refractivity contribution in [3.05, 3.63) is 41.3 Å². The molecule has 1 fully saturated rings. The van der Waals surface area contributed by atoms with Crippen LogP contribution in [0.5, 0.6) is 0 Å². The lowest BCUT2D eigenvalue weighted by atomic mass is 10.1. The van der Waals surface area contributed by atoms with E-state index in [-0.39, 0.29) is 12.1 Å². The molecule has 0 saturated carbocycles. The number of ether oxygens (including phenoxy) is 1. The van der Waals surface area contributed by atoms with Crippen LogP contribution in [-0.2, 0) is 31.2 Å². The van der Waals surface area contributed by atoms with Crippen LogP contribution in [0, 0.1) is 0 Å². The van der Waals surface area contributed by atoms with E-state index in [9.17, 15) is 4.79 Å². The molecule has 2 amide bonds. The molecule has 1 aliphatic rings. The lowest BCUT2D eigenvalue weighted by molar-refractivity contribution is 0.000901. The number of carbonyl (C=O) groups is 1. The topological polar surface area (TPSA) is 72.3 Å². The lowest BCUT2D eigenvalue weighted by Gasteiger charge is -2.32. The summed E-state index contributed by atoms with van der Waals surface area (Å²) in [6, 6.07) is 3.83. The molecule has 1 aliphatic heterocycles. The summed E-state index contributed by atoms with van der Waals surface area (Å²) in [4.78, 5) is 18.8. The quantitative estimate of drug-likeness (QED) is 0.847. The third kappa shape index (κ3) is 4.66. The number of nitrogens with one attached hydrogen (secondary N) is 1. The summed E-state index contributed by atoms with van der Waals surface area (Å²) in [6.45, 7) is 6.05. The Labute approximate surface area is 160 Å². The first-order valence-corrected chi connectivity index (χ1v) is 9.73. The van der Waals surface area contributed by atoms with Gasteiger partial charge in [-0.25, -0.2) is 4.79 Å². The largest absolute Gasteiger partial charge is 0.372 e. The number of amides is 2. The van der Waals surface area contributed by atoms with Crippen molar-refractivity contribution < 1.29 is 9.53 Å². The van der Waals surface area contributed by atoms with Crippen molar-refractivity contribution in [2.75, 3.05) is 18.4 Å². The fraction of sp³-hybridized carbons (Fsp3) is 0.550. The second-order valence-corrected chi connectivity index (χ2v) is 6.92. The first-order valence-electron chi connectivity index (χ1n) is 9.73. The zero-order valence-corrected chi connectivity index (χ0v) is 16.4. The number of anilines is 1. The molecule has 146 valence electrons. The van der Waals surface area contributed by atoms with Crippen molar-refractivity contribution in [2.24, 2.45) is 7.05 Å². The molecule has 0 aromatic carbocycles. The monoisotopic (exact) mass is 371 g/mol. The number of hydrogen-bond acceptors (Lipinski definition) is 4. The molecule has 3 rings (SSSR count). The van der Waals surface area contributed by atoms with Crippen molar-refractivity contribution in [2.45, 2.75) is 52.2 Å².